The molecule has 2 heterocycles. The van der Waals surface area contributed by atoms with Gasteiger partial charge in [-0.1, -0.05) is 0 Å². The summed E-state index contributed by atoms with van der Waals surface area (Å²) in [5.74, 6) is 0.794. The summed E-state index contributed by atoms with van der Waals surface area (Å²) in [5, 5.41) is 17.9. The van der Waals surface area contributed by atoms with Crippen molar-refractivity contribution < 1.29 is 18.9 Å². The van der Waals surface area contributed by atoms with E-state index in [0.717, 1.165) is 11.3 Å². The molecule has 9 nitrogen and oxygen atoms in total. The van der Waals surface area contributed by atoms with Crippen molar-refractivity contribution in [1.29, 1.82) is 0 Å². The van der Waals surface area contributed by atoms with E-state index in [4.69, 9.17) is 9.15 Å². The Kier molecular flexibility index (Phi) is 5.67. The van der Waals surface area contributed by atoms with Gasteiger partial charge in [-0.2, -0.15) is 5.10 Å². The minimum atomic E-state index is -0.440. The zero-order chi connectivity index (χ0) is 21.1. The number of aromatic nitrogens is 2. The first-order valence-corrected chi connectivity index (χ1v) is 9.02. The van der Waals surface area contributed by atoms with Gasteiger partial charge in [0.15, 0.2) is 5.76 Å². The summed E-state index contributed by atoms with van der Waals surface area (Å²) in [6.07, 6.45) is 1.73. The molecule has 0 aliphatic rings. The molecule has 0 aliphatic heterocycles. The Balaban J connectivity index is 1.60. The number of nitro benzene ring substituents is 1. The number of ether oxygens (including phenoxy) is 1. The Morgan fingerprint density at radius 1 is 1.34 bits per heavy atom. The van der Waals surface area contributed by atoms with Crippen LogP contribution in [0, 0.1) is 24.0 Å². The average molecular weight is 398 g/mol. The van der Waals surface area contributed by atoms with Gasteiger partial charge in [0.2, 0.25) is 0 Å². The first-order chi connectivity index (χ1) is 13.8. The molecule has 3 aromatic rings. The quantitative estimate of drug-likeness (QED) is 0.481. The van der Waals surface area contributed by atoms with E-state index in [2.05, 4.69) is 10.4 Å². The van der Waals surface area contributed by atoms with Gasteiger partial charge in [0, 0.05) is 29.9 Å². The van der Waals surface area contributed by atoms with Crippen molar-refractivity contribution in [3.05, 3.63) is 75.0 Å². The van der Waals surface area contributed by atoms with Crippen LogP contribution >= 0.6 is 0 Å². The number of nitro groups is 1. The highest BCUT2D eigenvalue weighted by molar-refractivity contribution is 5.91. The van der Waals surface area contributed by atoms with E-state index >= 15 is 0 Å². The molecule has 1 amide bonds. The lowest BCUT2D eigenvalue weighted by molar-refractivity contribution is -0.385. The fourth-order valence-electron chi connectivity index (χ4n) is 2.94. The standard InChI is InChI=1S/C20H22N4O5/c1-12-9-15(5-7-18(12)24(26)27)28-11-16-6-8-19(29-16)20(25)22-13(2)17-10-21-23(4)14(17)3/h5-10,13H,11H2,1-4H3,(H,22,25). The van der Waals surface area contributed by atoms with E-state index in [9.17, 15) is 14.9 Å². The minimum Gasteiger partial charge on any atom is -0.486 e. The second-order valence-corrected chi connectivity index (χ2v) is 6.76. The first kappa shape index (κ1) is 20.1. The Morgan fingerprint density at radius 2 is 2.10 bits per heavy atom. The number of hydrogen-bond donors (Lipinski definition) is 1. The fourth-order valence-corrected chi connectivity index (χ4v) is 2.94. The Bertz CT molecular complexity index is 1050. The summed E-state index contributed by atoms with van der Waals surface area (Å²) in [7, 11) is 1.85. The van der Waals surface area contributed by atoms with Crippen LogP contribution < -0.4 is 10.1 Å². The molecule has 0 saturated heterocycles. The Hall–Kier alpha value is -3.62. The number of benzene rings is 1. The maximum absolute atomic E-state index is 12.4. The Morgan fingerprint density at radius 3 is 2.72 bits per heavy atom. The number of hydrogen-bond acceptors (Lipinski definition) is 6. The van der Waals surface area contributed by atoms with Gasteiger partial charge >= 0.3 is 0 Å². The molecule has 0 fully saturated rings. The van der Waals surface area contributed by atoms with E-state index < -0.39 is 4.92 Å². The molecule has 152 valence electrons. The second-order valence-electron chi connectivity index (χ2n) is 6.76. The number of nitrogens with one attached hydrogen (secondary N) is 1. The van der Waals surface area contributed by atoms with Crippen LogP contribution in [0.4, 0.5) is 5.69 Å². The number of carbonyl (C=O) groups excluding carboxylic acids is 1. The molecule has 0 aliphatic carbocycles. The molecule has 0 spiro atoms. The average Bonchev–Trinajstić information content (AvgIpc) is 3.27. The summed E-state index contributed by atoms with van der Waals surface area (Å²) < 4.78 is 12.9. The molecular weight excluding hydrogens is 376 g/mol. The van der Waals surface area contributed by atoms with E-state index in [1.54, 1.807) is 36.0 Å². The van der Waals surface area contributed by atoms with Gasteiger partial charge in [0.25, 0.3) is 11.6 Å². The van der Waals surface area contributed by atoms with Crippen LogP contribution in [0.3, 0.4) is 0 Å². The van der Waals surface area contributed by atoms with Gasteiger partial charge in [0.05, 0.1) is 17.2 Å². The van der Waals surface area contributed by atoms with E-state index in [-0.39, 0.29) is 30.0 Å². The number of nitrogens with zero attached hydrogens (tertiary/aromatic N) is 3. The molecule has 0 saturated carbocycles. The van der Waals surface area contributed by atoms with Gasteiger partial charge in [0.1, 0.15) is 18.1 Å². The molecule has 1 atom stereocenters. The van der Waals surface area contributed by atoms with Crippen LogP contribution in [0.15, 0.2) is 40.9 Å². The summed E-state index contributed by atoms with van der Waals surface area (Å²) in [6, 6.07) is 7.54. The van der Waals surface area contributed by atoms with Gasteiger partial charge in [-0.15, -0.1) is 0 Å². The predicted molar refractivity (Wildman–Crippen MR) is 105 cm³/mol. The second kappa shape index (κ2) is 8.17. The normalized spacial score (nSPS) is 11.9. The molecule has 1 unspecified atom stereocenters. The van der Waals surface area contributed by atoms with Crippen LogP contribution in [-0.4, -0.2) is 20.6 Å². The number of furan rings is 1. The van der Waals surface area contributed by atoms with Gasteiger partial charge in [-0.3, -0.25) is 19.6 Å². The van der Waals surface area contributed by atoms with Crippen molar-refractivity contribution in [2.75, 3.05) is 0 Å². The zero-order valence-corrected chi connectivity index (χ0v) is 16.6. The van der Waals surface area contributed by atoms with Crippen LogP contribution in [0.2, 0.25) is 0 Å². The van der Waals surface area contributed by atoms with Gasteiger partial charge in [-0.05, 0) is 45.0 Å². The van der Waals surface area contributed by atoms with Gasteiger partial charge < -0.3 is 14.5 Å². The van der Waals surface area contributed by atoms with E-state index in [0.29, 0.717) is 17.1 Å². The summed E-state index contributed by atoms with van der Waals surface area (Å²) in [5.41, 5.74) is 2.45. The van der Waals surface area contributed by atoms with E-state index in [1.807, 2.05) is 20.9 Å². The maximum atomic E-state index is 12.4. The highest BCUT2D eigenvalue weighted by Crippen LogP contribution is 2.24. The van der Waals surface area contributed by atoms with Crippen LogP contribution in [0.5, 0.6) is 5.75 Å². The number of rotatable bonds is 7. The molecule has 3 rings (SSSR count). The van der Waals surface area contributed by atoms with Crippen LogP contribution in [0.25, 0.3) is 0 Å². The van der Waals surface area contributed by atoms with Crippen molar-refractivity contribution in [2.45, 2.75) is 33.4 Å². The largest absolute Gasteiger partial charge is 0.486 e. The molecule has 0 bridgehead atoms. The number of amides is 1. The summed E-state index contributed by atoms with van der Waals surface area (Å²) in [6.45, 7) is 5.56. The third kappa shape index (κ3) is 4.45. The number of carbonyl (C=O) groups is 1. The van der Waals surface area contributed by atoms with Gasteiger partial charge in [-0.25, -0.2) is 0 Å². The lowest BCUT2D eigenvalue weighted by atomic mass is 10.1. The highest BCUT2D eigenvalue weighted by Gasteiger charge is 2.18. The third-order valence-electron chi connectivity index (χ3n) is 4.72. The smallest absolute Gasteiger partial charge is 0.287 e. The monoisotopic (exact) mass is 398 g/mol. The molecule has 29 heavy (non-hydrogen) atoms. The van der Waals surface area contributed by atoms with Crippen molar-refractivity contribution >= 4 is 11.6 Å². The molecule has 0 radical (unpaired) electrons. The zero-order valence-electron chi connectivity index (χ0n) is 16.6. The predicted octanol–water partition coefficient (Wildman–Crippen LogP) is 3.61. The topological polar surface area (TPSA) is 112 Å². The molecule has 1 N–H and O–H groups in total. The van der Waals surface area contributed by atoms with Crippen LogP contribution in [-0.2, 0) is 13.7 Å². The van der Waals surface area contributed by atoms with Crippen molar-refractivity contribution in [1.82, 2.24) is 15.1 Å². The highest BCUT2D eigenvalue weighted by atomic mass is 16.6. The summed E-state index contributed by atoms with van der Waals surface area (Å²) >= 11 is 0. The molecular formula is C20H22N4O5. The van der Waals surface area contributed by atoms with Crippen molar-refractivity contribution in [3.63, 3.8) is 0 Å². The van der Waals surface area contributed by atoms with E-state index in [1.165, 1.54) is 12.1 Å². The van der Waals surface area contributed by atoms with Crippen LogP contribution in [0.1, 0.15) is 46.1 Å². The lowest BCUT2D eigenvalue weighted by Gasteiger charge is -2.12. The minimum absolute atomic E-state index is 0.0345. The third-order valence-corrected chi connectivity index (χ3v) is 4.72. The number of aryl methyl sites for hydroxylation is 2. The first-order valence-electron chi connectivity index (χ1n) is 9.02. The molecule has 9 heteroatoms. The lowest BCUT2D eigenvalue weighted by Crippen LogP contribution is -2.26. The molecule has 2 aromatic heterocycles. The Labute approximate surface area is 167 Å². The molecule has 1 aromatic carbocycles. The maximum Gasteiger partial charge on any atom is 0.287 e. The van der Waals surface area contributed by atoms with Crippen molar-refractivity contribution in [3.8, 4) is 5.75 Å². The SMILES string of the molecule is Cc1cc(OCc2ccc(C(=O)NC(C)c3cnn(C)c3C)o2)ccc1[N+](=O)[O-]. The summed E-state index contributed by atoms with van der Waals surface area (Å²) in [4.78, 5) is 22.9. The fraction of sp³-hybridized carbons (Fsp3) is 0.300. The van der Waals surface area contributed by atoms with Crippen molar-refractivity contribution in [2.24, 2.45) is 7.05 Å².